The number of unbranched alkanes of at least 4 members (excludes halogenated alkanes) is 29. The van der Waals surface area contributed by atoms with Crippen molar-refractivity contribution >= 4 is 5.91 Å². The van der Waals surface area contributed by atoms with E-state index in [1.165, 1.54) is 173 Å². The highest BCUT2D eigenvalue weighted by Gasteiger charge is 2.20. The summed E-state index contributed by atoms with van der Waals surface area (Å²) in [5, 5.41) is 33.0. The number of aliphatic hydroxyl groups excluding tert-OH is 3. The molecule has 0 aromatic heterocycles. The number of aliphatic hydroxyl groups is 3. The van der Waals surface area contributed by atoms with Gasteiger partial charge in [0, 0.05) is 0 Å². The van der Waals surface area contributed by atoms with E-state index < -0.39 is 18.2 Å². The van der Waals surface area contributed by atoms with Gasteiger partial charge in [-0.15, -0.1) is 0 Å². The van der Waals surface area contributed by atoms with Crippen LogP contribution < -0.4 is 5.32 Å². The molecule has 0 aliphatic carbocycles. The largest absolute Gasteiger partial charge is 0.394 e. The molecule has 0 heterocycles. The third-order valence-electron chi connectivity index (χ3n) is 10.9. The van der Waals surface area contributed by atoms with Crippen molar-refractivity contribution in [3.63, 3.8) is 0 Å². The standard InChI is InChI=1S/C50H93NO4/c1-3-5-7-9-11-13-14-15-16-17-18-19-20-21-22-23-24-25-26-27-28-29-30-31-32-33-34-36-37-39-41-43-47(53)45-50(55)51-48(46-52)49(54)44-42-40-38-35-12-10-8-6-4-2/h4,6,12,21-22,35,42,44,47-49,52-54H,3,5,7-11,13-20,23-34,36-41,43,45-46H2,1-2H3,(H,51,55)/b6-4+,22-21-,35-12+,44-42+. The van der Waals surface area contributed by atoms with Gasteiger partial charge >= 0.3 is 0 Å². The number of amides is 1. The van der Waals surface area contributed by atoms with Crippen molar-refractivity contribution in [2.45, 2.75) is 257 Å². The van der Waals surface area contributed by atoms with Crippen molar-refractivity contribution in [2.24, 2.45) is 0 Å². The van der Waals surface area contributed by atoms with E-state index in [-0.39, 0.29) is 18.9 Å². The van der Waals surface area contributed by atoms with Crippen LogP contribution in [-0.2, 0) is 4.79 Å². The Morgan fingerprint density at radius 3 is 1.27 bits per heavy atom. The van der Waals surface area contributed by atoms with Crippen molar-refractivity contribution in [3.8, 4) is 0 Å². The third-order valence-corrected chi connectivity index (χ3v) is 10.9. The first-order valence-electron chi connectivity index (χ1n) is 23.9. The summed E-state index contributed by atoms with van der Waals surface area (Å²) >= 11 is 0. The molecule has 5 heteroatoms. The van der Waals surface area contributed by atoms with Gasteiger partial charge in [-0.05, 0) is 64.7 Å². The monoisotopic (exact) mass is 772 g/mol. The van der Waals surface area contributed by atoms with Gasteiger partial charge in [-0.3, -0.25) is 4.79 Å². The molecule has 0 aromatic rings. The highest BCUT2D eigenvalue weighted by molar-refractivity contribution is 5.76. The summed E-state index contributed by atoms with van der Waals surface area (Å²) < 4.78 is 0. The van der Waals surface area contributed by atoms with E-state index in [1.807, 2.05) is 13.0 Å². The summed E-state index contributed by atoms with van der Waals surface area (Å²) in [6.45, 7) is 3.97. The predicted molar refractivity (Wildman–Crippen MR) is 241 cm³/mol. The van der Waals surface area contributed by atoms with Crippen molar-refractivity contribution in [1.29, 1.82) is 0 Å². The first-order chi connectivity index (χ1) is 27.0. The molecule has 0 saturated carbocycles. The molecule has 0 spiro atoms. The van der Waals surface area contributed by atoms with E-state index in [9.17, 15) is 20.1 Å². The smallest absolute Gasteiger partial charge is 0.222 e. The lowest BCUT2D eigenvalue weighted by atomic mass is 10.0. The predicted octanol–water partition coefficient (Wildman–Crippen LogP) is 14.1. The van der Waals surface area contributed by atoms with Crippen LogP contribution in [0.2, 0.25) is 0 Å². The van der Waals surface area contributed by atoms with Gasteiger partial charge in [-0.25, -0.2) is 0 Å². The molecule has 0 rings (SSSR count). The van der Waals surface area contributed by atoms with Gasteiger partial charge in [0.05, 0.1) is 31.3 Å². The Morgan fingerprint density at radius 2 is 0.855 bits per heavy atom. The molecule has 0 aliphatic rings. The van der Waals surface area contributed by atoms with Crippen LogP contribution >= 0.6 is 0 Å². The molecule has 0 bridgehead atoms. The first-order valence-corrected chi connectivity index (χ1v) is 23.9. The fraction of sp³-hybridized carbons (Fsp3) is 0.820. The van der Waals surface area contributed by atoms with E-state index in [2.05, 4.69) is 48.7 Å². The SMILES string of the molecule is C/C=C/CC/C=C/CC/C=C/C(O)C(CO)NC(=O)CC(O)CCCCCCCCCCCCCCCCC/C=C\CCCCCCCCCCCCCC. The number of rotatable bonds is 43. The molecule has 0 saturated heterocycles. The first kappa shape index (κ1) is 53.3. The molecule has 0 aromatic carbocycles. The Morgan fingerprint density at radius 1 is 0.491 bits per heavy atom. The Balaban J connectivity index is 3.49. The average molecular weight is 772 g/mol. The summed E-state index contributed by atoms with van der Waals surface area (Å²) in [6, 6.07) is -0.765. The molecule has 322 valence electrons. The molecule has 3 unspecified atom stereocenters. The summed E-state index contributed by atoms with van der Waals surface area (Å²) in [6.07, 6.45) is 58.9. The lowest BCUT2D eigenvalue weighted by molar-refractivity contribution is -0.124. The van der Waals surface area contributed by atoms with Crippen LogP contribution in [0.3, 0.4) is 0 Å². The zero-order valence-corrected chi connectivity index (χ0v) is 36.6. The van der Waals surface area contributed by atoms with Gasteiger partial charge in [0.25, 0.3) is 0 Å². The number of carbonyl (C=O) groups excluding carboxylic acids is 1. The quantitative estimate of drug-likeness (QED) is 0.0367. The lowest BCUT2D eigenvalue weighted by Crippen LogP contribution is -2.45. The number of carbonyl (C=O) groups is 1. The minimum absolute atomic E-state index is 0.00212. The molecule has 3 atom stereocenters. The second-order valence-electron chi connectivity index (χ2n) is 16.4. The summed E-state index contributed by atoms with van der Waals surface area (Å²) in [4.78, 5) is 12.4. The molecular formula is C50H93NO4. The average Bonchev–Trinajstić information content (AvgIpc) is 3.18. The van der Waals surface area contributed by atoms with Crippen LogP contribution in [-0.4, -0.2) is 46.1 Å². The summed E-state index contributed by atoms with van der Waals surface area (Å²) in [5.41, 5.74) is 0. The topological polar surface area (TPSA) is 89.8 Å². The van der Waals surface area contributed by atoms with Crippen LogP contribution in [0.5, 0.6) is 0 Å². The third kappa shape index (κ3) is 41.8. The van der Waals surface area contributed by atoms with Crippen LogP contribution in [0.1, 0.15) is 239 Å². The normalized spacial score (nSPS) is 13.9. The number of hydrogen-bond donors (Lipinski definition) is 4. The van der Waals surface area contributed by atoms with E-state index in [1.54, 1.807) is 6.08 Å². The highest BCUT2D eigenvalue weighted by Crippen LogP contribution is 2.16. The minimum Gasteiger partial charge on any atom is -0.394 e. The van der Waals surface area contributed by atoms with Crippen molar-refractivity contribution in [2.75, 3.05) is 6.61 Å². The highest BCUT2D eigenvalue weighted by atomic mass is 16.3. The van der Waals surface area contributed by atoms with Gasteiger partial charge < -0.3 is 20.6 Å². The number of hydrogen-bond acceptors (Lipinski definition) is 4. The number of nitrogens with one attached hydrogen (secondary N) is 1. The second-order valence-corrected chi connectivity index (χ2v) is 16.4. The maximum absolute atomic E-state index is 12.4. The maximum atomic E-state index is 12.4. The Kier molecular flexibility index (Phi) is 43.6. The molecular weight excluding hydrogens is 679 g/mol. The Bertz CT molecular complexity index is 896. The van der Waals surface area contributed by atoms with Gasteiger partial charge in [-0.1, -0.05) is 216 Å². The van der Waals surface area contributed by atoms with E-state index in [0.29, 0.717) is 6.42 Å². The minimum atomic E-state index is -0.957. The van der Waals surface area contributed by atoms with E-state index in [0.717, 1.165) is 38.5 Å². The zero-order chi connectivity index (χ0) is 40.1. The molecule has 55 heavy (non-hydrogen) atoms. The molecule has 5 nitrogen and oxygen atoms in total. The Labute approximate surface area is 342 Å². The molecule has 0 radical (unpaired) electrons. The van der Waals surface area contributed by atoms with Crippen LogP contribution in [0.25, 0.3) is 0 Å². The van der Waals surface area contributed by atoms with Crippen molar-refractivity contribution < 1.29 is 20.1 Å². The zero-order valence-electron chi connectivity index (χ0n) is 36.6. The van der Waals surface area contributed by atoms with Crippen LogP contribution in [0, 0.1) is 0 Å². The Hall–Kier alpha value is -1.69. The molecule has 0 aliphatic heterocycles. The maximum Gasteiger partial charge on any atom is 0.222 e. The van der Waals surface area contributed by atoms with Gasteiger partial charge in [-0.2, -0.15) is 0 Å². The van der Waals surface area contributed by atoms with Crippen molar-refractivity contribution in [1.82, 2.24) is 5.32 Å². The van der Waals surface area contributed by atoms with Gasteiger partial charge in [0.2, 0.25) is 5.91 Å². The van der Waals surface area contributed by atoms with Crippen molar-refractivity contribution in [3.05, 3.63) is 48.6 Å². The number of allylic oxidation sites excluding steroid dienone is 7. The second kappa shape index (κ2) is 45.0. The van der Waals surface area contributed by atoms with Gasteiger partial charge in [0.15, 0.2) is 0 Å². The van der Waals surface area contributed by atoms with Crippen LogP contribution in [0.4, 0.5) is 0 Å². The van der Waals surface area contributed by atoms with E-state index in [4.69, 9.17) is 0 Å². The van der Waals surface area contributed by atoms with Gasteiger partial charge in [0.1, 0.15) is 0 Å². The summed E-state index contributed by atoms with van der Waals surface area (Å²) in [5.74, 6) is -0.332. The molecule has 1 amide bonds. The fourth-order valence-corrected chi connectivity index (χ4v) is 7.26. The summed E-state index contributed by atoms with van der Waals surface area (Å²) in [7, 11) is 0. The molecule has 4 N–H and O–H groups in total. The molecule has 0 fully saturated rings. The fourth-order valence-electron chi connectivity index (χ4n) is 7.26. The van der Waals surface area contributed by atoms with Crippen LogP contribution in [0.15, 0.2) is 48.6 Å². The lowest BCUT2D eigenvalue weighted by Gasteiger charge is -2.21. The van der Waals surface area contributed by atoms with E-state index >= 15 is 0 Å².